The molecule has 0 radical (unpaired) electrons. The zero-order valence-electron chi connectivity index (χ0n) is 14.0. The van der Waals surface area contributed by atoms with Crippen LogP contribution in [0.1, 0.15) is 30.4 Å². The van der Waals surface area contributed by atoms with E-state index in [0.717, 1.165) is 24.9 Å². The summed E-state index contributed by atoms with van der Waals surface area (Å²) in [6.45, 7) is 4.69. The Hall–Kier alpha value is -2.08. The molecule has 1 atom stereocenters. The third-order valence-corrected chi connectivity index (χ3v) is 5.33. The van der Waals surface area contributed by atoms with Crippen molar-refractivity contribution in [1.29, 1.82) is 0 Å². The molecule has 0 bridgehead atoms. The van der Waals surface area contributed by atoms with Crippen molar-refractivity contribution in [2.45, 2.75) is 38.8 Å². The van der Waals surface area contributed by atoms with E-state index in [4.69, 9.17) is 5.11 Å². The van der Waals surface area contributed by atoms with Gasteiger partial charge in [-0.05, 0) is 37.2 Å². The number of nitrogens with zero attached hydrogens (tertiary/aromatic N) is 1. The summed E-state index contributed by atoms with van der Waals surface area (Å²) in [7, 11) is 0. The lowest BCUT2D eigenvalue weighted by molar-refractivity contribution is -0.139. The van der Waals surface area contributed by atoms with Crippen LogP contribution in [0.3, 0.4) is 0 Å². The van der Waals surface area contributed by atoms with Gasteiger partial charge in [0.15, 0.2) is 0 Å². The average Bonchev–Trinajstić information content (AvgIpc) is 2.99. The number of nitrogens with one attached hydrogen (secondary N) is 2. The van der Waals surface area contributed by atoms with Gasteiger partial charge in [-0.3, -0.25) is 4.79 Å². The maximum absolute atomic E-state index is 12.3. The number of carboxylic acids is 1. The molecule has 2 fully saturated rings. The summed E-state index contributed by atoms with van der Waals surface area (Å²) in [5, 5.41) is 15.2. The van der Waals surface area contributed by atoms with E-state index in [0.29, 0.717) is 26.1 Å². The first kappa shape index (κ1) is 16.8. The molecule has 1 aromatic carbocycles. The third-order valence-electron chi connectivity index (χ3n) is 5.33. The maximum atomic E-state index is 12.3. The van der Waals surface area contributed by atoms with Gasteiger partial charge in [0.25, 0.3) is 0 Å². The fraction of sp³-hybridized carbons (Fsp3) is 0.556. The van der Waals surface area contributed by atoms with Gasteiger partial charge >= 0.3 is 12.0 Å². The molecule has 0 unspecified atom stereocenters. The second-order valence-electron chi connectivity index (χ2n) is 7.11. The lowest BCUT2D eigenvalue weighted by Crippen LogP contribution is -2.47. The Morgan fingerprint density at radius 1 is 1.29 bits per heavy atom. The fourth-order valence-corrected chi connectivity index (χ4v) is 3.65. The second-order valence-corrected chi connectivity index (χ2v) is 7.11. The van der Waals surface area contributed by atoms with Crippen LogP contribution in [0.2, 0.25) is 0 Å². The van der Waals surface area contributed by atoms with E-state index in [9.17, 15) is 9.59 Å². The Bertz CT molecular complexity index is 606. The Balaban J connectivity index is 1.47. The molecule has 130 valence electrons. The number of aliphatic carboxylic acids is 1. The standard InChI is InChI=1S/C18H25N3O3/c1-13-2-4-14(5-3-13)11-19-17(24)21-8-6-18(7-9-21)10-15(16(22)23)20-12-18/h2-5,15,20H,6-12H2,1H3,(H,19,24)(H,22,23)/t15-/m1/s1. The van der Waals surface area contributed by atoms with Crippen LogP contribution in [-0.2, 0) is 11.3 Å². The van der Waals surface area contributed by atoms with Crippen molar-refractivity contribution in [3.63, 3.8) is 0 Å². The first-order valence-corrected chi connectivity index (χ1v) is 8.52. The van der Waals surface area contributed by atoms with E-state index in [2.05, 4.69) is 10.6 Å². The van der Waals surface area contributed by atoms with Crippen LogP contribution in [0.5, 0.6) is 0 Å². The predicted octanol–water partition coefficient (Wildman–Crippen LogP) is 1.73. The molecule has 1 spiro atoms. The topological polar surface area (TPSA) is 81.7 Å². The second kappa shape index (κ2) is 6.81. The summed E-state index contributed by atoms with van der Waals surface area (Å²) in [6.07, 6.45) is 2.39. The van der Waals surface area contributed by atoms with Crippen LogP contribution < -0.4 is 10.6 Å². The van der Waals surface area contributed by atoms with E-state index in [-0.39, 0.29) is 11.4 Å². The van der Waals surface area contributed by atoms with Gasteiger partial charge in [-0.1, -0.05) is 29.8 Å². The van der Waals surface area contributed by atoms with Gasteiger partial charge in [-0.15, -0.1) is 0 Å². The lowest BCUT2D eigenvalue weighted by Gasteiger charge is -2.38. The van der Waals surface area contributed by atoms with Crippen LogP contribution in [0.25, 0.3) is 0 Å². The normalized spacial score (nSPS) is 22.5. The van der Waals surface area contributed by atoms with Crippen LogP contribution in [0.4, 0.5) is 4.79 Å². The lowest BCUT2D eigenvalue weighted by atomic mass is 9.76. The summed E-state index contributed by atoms with van der Waals surface area (Å²) < 4.78 is 0. The Labute approximate surface area is 142 Å². The van der Waals surface area contributed by atoms with Crippen molar-refractivity contribution in [2.24, 2.45) is 5.41 Å². The zero-order chi connectivity index (χ0) is 17.2. The van der Waals surface area contributed by atoms with Gasteiger partial charge in [0.05, 0.1) is 0 Å². The van der Waals surface area contributed by atoms with Gasteiger partial charge in [0, 0.05) is 26.2 Å². The maximum Gasteiger partial charge on any atom is 0.320 e. The third kappa shape index (κ3) is 3.70. The molecule has 3 N–H and O–H groups in total. The monoisotopic (exact) mass is 331 g/mol. The quantitative estimate of drug-likeness (QED) is 0.788. The number of amides is 2. The number of likely N-dealkylation sites (tertiary alicyclic amines) is 1. The van der Waals surface area contributed by atoms with Gasteiger partial charge in [0.2, 0.25) is 0 Å². The smallest absolute Gasteiger partial charge is 0.320 e. The zero-order valence-corrected chi connectivity index (χ0v) is 14.0. The molecular weight excluding hydrogens is 306 g/mol. The highest BCUT2D eigenvalue weighted by Gasteiger charge is 2.44. The van der Waals surface area contributed by atoms with Crippen LogP contribution in [0, 0.1) is 12.3 Å². The SMILES string of the molecule is Cc1ccc(CNC(=O)N2CCC3(CC2)CN[C@@H](C(=O)O)C3)cc1. The Morgan fingerprint density at radius 2 is 1.96 bits per heavy atom. The van der Waals surface area contributed by atoms with Crippen molar-refractivity contribution in [2.75, 3.05) is 19.6 Å². The van der Waals surface area contributed by atoms with E-state index in [1.165, 1.54) is 5.56 Å². The molecule has 6 nitrogen and oxygen atoms in total. The number of carboxylic acid groups (broad SMARTS) is 1. The fourth-order valence-electron chi connectivity index (χ4n) is 3.65. The molecule has 0 aromatic heterocycles. The van der Waals surface area contributed by atoms with Crippen LogP contribution in [-0.4, -0.2) is 47.7 Å². The highest BCUT2D eigenvalue weighted by molar-refractivity contribution is 5.75. The van der Waals surface area contributed by atoms with Crippen molar-refractivity contribution >= 4 is 12.0 Å². The predicted molar refractivity (Wildman–Crippen MR) is 90.7 cm³/mol. The molecule has 2 amide bonds. The summed E-state index contributed by atoms with van der Waals surface area (Å²) in [5.74, 6) is -0.773. The highest BCUT2D eigenvalue weighted by Crippen LogP contribution is 2.39. The number of piperidine rings is 1. The Kier molecular flexibility index (Phi) is 4.76. The number of hydrogen-bond acceptors (Lipinski definition) is 3. The molecule has 2 heterocycles. The first-order valence-electron chi connectivity index (χ1n) is 8.52. The molecule has 24 heavy (non-hydrogen) atoms. The number of aryl methyl sites for hydroxylation is 1. The van der Waals surface area contributed by atoms with E-state index < -0.39 is 12.0 Å². The summed E-state index contributed by atoms with van der Waals surface area (Å²) in [6, 6.07) is 7.66. The van der Waals surface area contributed by atoms with Gasteiger partial charge < -0.3 is 20.6 Å². The van der Waals surface area contributed by atoms with Gasteiger partial charge in [0.1, 0.15) is 6.04 Å². The van der Waals surface area contributed by atoms with Gasteiger partial charge in [-0.2, -0.15) is 0 Å². The van der Waals surface area contributed by atoms with Crippen molar-refractivity contribution in [3.8, 4) is 0 Å². The summed E-state index contributed by atoms with van der Waals surface area (Å²) >= 11 is 0. The molecule has 6 heteroatoms. The molecule has 2 aliphatic rings. The molecule has 0 saturated carbocycles. The molecule has 1 aromatic rings. The van der Waals surface area contributed by atoms with Gasteiger partial charge in [-0.25, -0.2) is 4.79 Å². The number of hydrogen-bond donors (Lipinski definition) is 3. The number of benzene rings is 1. The number of carbonyl (C=O) groups excluding carboxylic acids is 1. The minimum Gasteiger partial charge on any atom is -0.480 e. The summed E-state index contributed by atoms with van der Waals surface area (Å²) in [5.41, 5.74) is 2.33. The van der Waals surface area contributed by atoms with Crippen LogP contribution >= 0.6 is 0 Å². The van der Waals surface area contributed by atoms with Crippen molar-refractivity contribution < 1.29 is 14.7 Å². The minimum absolute atomic E-state index is 0.0360. The summed E-state index contributed by atoms with van der Waals surface area (Å²) in [4.78, 5) is 25.3. The highest BCUT2D eigenvalue weighted by atomic mass is 16.4. The first-order chi connectivity index (χ1) is 11.5. The van der Waals surface area contributed by atoms with E-state index >= 15 is 0 Å². The van der Waals surface area contributed by atoms with Crippen LogP contribution in [0.15, 0.2) is 24.3 Å². The van der Waals surface area contributed by atoms with Crippen molar-refractivity contribution in [1.82, 2.24) is 15.5 Å². The Morgan fingerprint density at radius 3 is 2.54 bits per heavy atom. The number of urea groups is 1. The number of rotatable bonds is 3. The van der Waals surface area contributed by atoms with E-state index in [1.54, 1.807) is 0 Å². The molecule has 2 saturated heterocycles. The molecule has 3 rings (SSSR count). The molecule has 2 aliphatic heterocycles. The molecular formula is C18H25N3O3. The largest absolute Gasteiger partial charge is 0.480 e. The minimum atomic E-state index is -0.773. The van der Waals surface area contributed by atoms with Crippen molar-refractivity contribution in [3.05, 3.63) is 35.4 Å². The van der Waals surface area contributed by atoms with E-state index in [1.807, 2.05) is 36.1 Å². The average molecular weight is 331 g/mol. The number of carbonyl (C=O) groups is 2. The molecule has 0 aliphatic carbocycles.